The fourth-order valence-corrected chi connectivity index (χ4v) is 3.99. The standard InChI is InChI=1S/C22H27N3O2/c26-22(25-16-14-24(15-17-25)19-6-4-5-7-19)23-18-10-12-21(13-11-18)27-20-8-2-1-3-9-20/h1-3,8-13,19H,4-7,14-17H2,(H,23,26). The molecule has 1 aliphatic heterocycles. The van der Waals surface area contributed by atoms with Gasteiger partial charge in [-0.25, -0.2) is 4.79 Å². The maximum Gasteiger partial charge on any atom is 0.321 e. The molecule has 0 unspecified atom stereocenters. The largest absolute Gasteiger partial charge is 0.457 e. The number of rotatable bonds is 4. The van der Waals surface area contributed by atoms with E-state index in [0.717, 1.165) is 49.4 Å². The fraction of sp³-hybridized carbons (Fsp3) is 0.409. The molecule has 1 aliphatic carbocycles. The van der Waals surface area contributed by atoms with Gasteiger partial charge in [0.2, 0.25) is 0 Å². The molecule has 2 aromatic rings. The van der Waals surface area contributed by atoms with Crippen LogP contribution in [0.4, 0.5) is 10.5 Å². The van der Waals surface area contributed by atoms with E-state index < -0.39 is 0 Å². The van der Waals surface area contributed by atoms with Crippen LogP contribution in [0.5, 0.6) is 11.5 Å². The lowest BCUT2D eigenvalue weighted by atomic mass is 10.2. The summed E-state index contributed by atoms with van der Waals surface area (Å²) in [5, 5.41) is 3.00. The van der Waals surface area contributed by atoms with Gasteiger partial charge < -0.3 is 15.0 Å². The number of ether oxygens (including phenoxy) is 1. The minimum absolute atomic E-state index is 0.0159. The highest BCUT2D eigenvalue weighted by Gasteiger charge is 2.27. The third-order valence-corrected chi connectivity index (χ3v) is 5.53. The summed E-state index contributed by atoms with van der Waals surface area (Å²) in [6.07, 6.45) is 5.36. The van der Waals surface area contributed by atoms with Gasteiger partial charge in [0.1, 0.15) is 11.5 Å². The van der Waals surface area contributed by atoms with Crippen LogP contribution in [-0.2, 0) is 0 Å². The molecule has 0 radical (unpaired) electrons. The highest BCUT2D eigenvalue weighted by Crippen LogP contribution is 2.25. The SMILES string of the molecule is O=C(Nc1ccc(Oc2ccccc2)cc1)N1CCN(C2CCCC2)CC1. The van der Waals surface area contributed by atoms with Crippen LogP contribution in [0.2, 0.25) is 0 Å². The van der Waals surface area contributed by atoms with Crippen molar-refractivity contribution in [3.05, 3.63) is 54.6 Å². The summed E-state index contributed by atoms with van der Waals surface area (Å²) in [4.78, 5) is 17.0. The number of hydrogen-bond donors (Lipinski definition) is 1. The Labute approximate surface area is 160 Å². The van der Waals surface area contributed by atoms with Crippen molar-refractivity contribution in [2.75, 3.05) is 31.5 Å². The molecule has 2 amide bonds. The number of nitrogens with one attached hydrogen (secondary N) is 1. The van der Waals surface area contributed by atoms with Crippen molar-refractivity contribution in [1.29, 1.82) is 0 Å². The summed E-state index contributed by atoms with van der Waals surface area (Å²) in [6, 6.07) is 17.9. The molecule has 5 heteroatoms. The molecular formula is C22H27N3O2. The predicted molar refractivity (Wildman–Crippen MR) is 107 cm³/mol. The van der Waals surface area contributed by atoms with E-state index in [1.165, 1.54) is 25.7 Å². The van der Waals surface area contributed by atoms with Gasteiger partial charge in [-0.2, -0.15) is 0 Å². The Hall–Kier alpha value is -2.53. The van der Waals surface area contributed by atoms with Crippen LogP contribution in [0.15, 0.2) is 54.6 Å². The first kappa shape index (κ1) is 17.9. The molecule has 0 bridgehead atoms. The zero-order chi connectivity index (χ0) is 18.5. The highest BCUT2D eigenvalue weighted by molar-refractivity contribution is 5.89. The van der Waals surface area contributed by atoms with Crippen LogP contribution in [0.25, 0.3) is 0 Å². The molecule has 4 rings (SSSR count). The number of urea groups is 1. The summed E-state index contributed by atoms with van der Waals surface area (Å²) in [5.74, 6) is 1.55. The fourth-order valence-electron chi connectivity index (χ4n) is 3.99. The number of benzene rings is 2. The van der Waals surface area contributed by atoms with Crippen LogP contribution in [0, 0.1) is 0 Å². The lowest BCUT2D eigenvalue weighted by Gasteiger charge is -2.38. The molecule has 142 valence electrons. The summed E-state index contributed by atoms with van der Waals surface area (Å²) < 4.78 is 5.79. The molecule has 2 fully saturated rings. The molecule has 1 N–H and O–H groups in total. The highest BCUT2D eigenvalue weighted by atomic mass is 16.5. The van der Waals surface area contributed by atoms with Crippen LogP contribution in [0.3, 0.4) is 0 Å². The van der Waals surface area contributed by atoms with Gasteiger partial charge in [0.05, 0.1) is 0 Å². The van der Waals surface area contributed by atoms with E-state index >= 15 is 0 Å². The van der Waals surface area contributed by atoms with E-state index in [0.29, 0.717) is 0 Å². The zero-order valence-electron chi connectivity index (χ0n) is 15.6. The Morgan fingerprint density at radius 2 is 1.48 bits per heavy atom. The molecule has 2 aromatic carbocycles. The van der Waals surface area contributed by atoms with Crippen molar-refractivity contribution in [3.8, 4) is 11.5 Å². The summed E-state index contributed by atoms with van der Waals surface area (Å²) >= 11 is 0. The molecule has 1 saturated heterocycles. The number of nitrogens with zero attached hydrogens (tertiary/aromatic N) is 2. The number of carbonyl (C=O) groups excluding carboxylic acids is 1. The number of para-hydroxylation sites is 1. The molecule has 1 saturated carbocycles. The maximum absolute atomic E-state index is 12.5. The number of carbonyl (C=O) groups is 1. The first-order valence-corrected chi connectivity index (χ1v) is 9.91. The topological polar surface area (TPSA) is 44.8 Å². The van der Waals surface area contributed by atoms with Gasteiger partial charge in [0, 0.05) is 37.9 Å². The Kier molecular flexibility index (Phi) is 5.58. The van der Waals surface area contributed by atoms with Crippen LogP contribution in [0.1, 0.15) is 25.7 Å². The Morgan fingerprint density at radius 3 is 2.15 bits per heavy atom. The van der Waals surface area contributed by atoms with E-state index in [9.17, 15) is 4.79 Å². The van der Waals surface area contributed by atoms with Gasteiger partial charge in [0.15, 0.2) is 0 Å². The lowest BCUT2D eigenvalue weighted by molar-refractivity contribution is 0.115. The minimum atomic E-state index is -0.0159. The second-order valence-electron chi connectivity index (χ2n) is 7.33. The van der Waals surface area contributed by atoms with Crippen molar-refractivity contribution in [1.82, 2.24) is 9.80 Å². The van der Waals surface area contributed by atoms with Gasteiger partial charge in [0.25, 0.3) is 0 Å². The van der Waals surface area contributed by atoms with Gasteiger partial charge in [-0.1, -0.05) is 31.0 Å². The van der Waals surface area contributed by atoms with Crippen LogP contribution < -0.4 is 10.1 Å². The Balaban J connectivity index is 1.27. The van der Waals surface area contributed by atoms with E-state index in [4.69, 9.17) is 4.74 Å². The third kappa shape index (κ3) is 4.61. The second-order valence-corrected chi connectivity index (χ2v) is 7.33. The average molecular weight is 365 g/mol. The smallest absolute Gasteiger partial charge is 0.321 e. The molecule has 5 nitrogen and oxygen atoms in total. The molecular weight excluding hydrogens is 338 g/mol. The van der Waals surface area contributed by atoms with Gasteiger partial charge in [-0.15, -0.1) is 0 Å². The number of hydrogen-bond acceptors (Lipinski definition) is 3. The lowest BCUT2D eigenvalue weighted by Crippen LogP contribution is -2.52. The Morgan fingerprint density at radius 1 is 0.852 bits per heavy atom. The van der Waals surface area contributed by atoms with E-state index in [1.807, 2.05) is 59.5 Å². The monoisotopic (exact) mass is 365 g/mol. The first-order chi connectivity index (χ1) is 13.3. The molecule has 1 heterocycles. The van der Waals surface area contributed by atoms with Crippen molar-refractivity contribution in [2.24, 2.45) is 0 Å². The van der Waals surface area contributed by atoms with Gasteiger partial charge in [-0.05, 0) is 49.2 Å². The quantitative estimate of drug-likeness (QED) is 0.863. The Bertz CT molecular complexity index is 734. The van der Waals surface area contributed by atoms with E-state index in [2.05, 4.69) is 10.2 Å². The number of amides is 2. The average Bonchev–Trinajstić information content (AvgIpc) is 3.25. The molecule has 0 atom stereocenters. The summed E-state index contributed by atoms with van der Waals surface area (Å²) in [6.45, 7) is 3.58. The van der Waals surface area contributed by atoms with Crippen molar-refractivity contribution >= 4 is 11.7 Å². The number of anilines is 1. The summed E-state index contributed by atoms with van der Waals surface area (Å²) in [5.41, 5.74) is 0.790. The van der Waals surface area contributed by atoms with Crippen LogP contribution >= 0.6 is 0 Å². The molecule has 27 heavy (non-hydrogen) atoms. The van der Waals surface area contributed by atoms with Gasteiger partial charge >= 0.3 is 6.03 Å². The minimum Gasteiger partial charge on any atom is -0.457 e. The second kappa shape index (κ2) is 8.44. The van der Waals surface area contributed by atoms with E-state index in [1.54, 1.807) is 0 Å². The van der Waals surface area contributed by atoms with Crippen molar-refractivity contribution in [3.63, 3.8) is 0 Å². The maximum atomic E-state index is 12.5. The molecule has 0 spiro atoms. The normalized spacial score (nSPS) is 18.4. The van der Waals surface area contributed by atoms with E-state index in [-0.39, 0.29) is 6.03 Å². The first-order valence-electron chi connectivity index (χ1n) is 9.91. The van der Waals surface area contributed by atoms with Crippen molar-refractivity contribution < 1.29 is 9.53 Å². The predicted octanol–water partition coefficient (Wildman–Crippen LogP) is 4.57. The van der Waals surface area contributed by atoms with Crippen molar-refractivity contribution in [2.45, 2.75) is 31.7 Å². The summed E-state index contributed by atoms with van der Waals surface area (Å²) in [7, 11) is 0. The number of piperazine rings is 1. The van der Waals surface area contributed by atoms with Gasteiger partial charge in [-0.3, -0.25) is 4.90 Å². The zero-order valence-corrected chi connectivity index (χ0v) is 15.6. The molecule has 2 aliphatic rings. The third-order valence-electron chi connectivity index (χ3n) is 5.53. The molecule has 0 aromatic heterocycles. The van der Waals surface area contributed by atoms with Crippen LogP contribution in [-0.4, -0.2) is 48.1 Å².